The second-order valence-electron chi connectivity index (χ2n) is 3.96. The smallest absolute Gasteiger partial charge is 0.289 e. The first-order valence-corrected chi connectivity index (χ1v) is 5.14. The number of rotatable bonds is 3. The lowest BCUT2D eigenvalue weighted by molar-refractivity contribution is -0.904. The topological polar surface area (TPSA) is 46.2 Å². The molecule has 1 atom stereocenters. The number of quaternary nitrogens is 1. The van der Waals surface area contributed by atoms with E-state index in [0.717, 1.165) is 25.9 Å². The van der Waals surface area contributed by atoms with Crippen molar-refractivity contribution in [1.29, 1.82) is 0 Å². The molecule has 1 saturated heterocycles. The molecular weight excluding hydrogens is 180 g/mol. The van der Waals surface area contributed by atoms with E-state index in [-0.39, 0.29) is 16.5 Å². The first-order chi connectivity index (χ1) is 6.60. The number of nitrogens with zero attached hydrogens (tertiary/aromatic N) is 1. The normalized spacial score (nSPS) is 22.7. The summed E-state index contributed by atoms with van der Waals surface area (Å²) in [5.74, 6) is 0.0896. The van der Waals surface area contributed by atoms with Gasteiger partial charge in [-0.3, -0.25) is 4.79 Å². The van der Waals surface area contributed by atoms with Crippen LogP contribution in [0.5, 0.6) is 0 Å². The van der Waals surface area contributed by atoms with E-state index in [9.17, 15) is 9.59 Å². The SMILES string of the molecule is CC(=O)[N+]1(N[C@@H](C)[C]=O)CCCCC1. The van der Waals surface area contributed by atoms with Crippen molar-refractivity contribution >= 4 is 12.2 Å². The summed E-state index contributed by atoms with van der Waals surface area (Å²) in [4.78, 5) is 22.0. The third-order valence-electron chi connectivity index (χ3n) is 2.80. The molecule has 1 N–H and O–H groups in total. The van der Waals surface area contributed by atoms with Crippen LogP contribution >= 0.6 is 0 Å². The number of hydrogen-bond acceptors (Lipinski definition) is 3. The van der Waals surface area contributed by atoms with Gasteiger partial charge in [-0.1, -0.05) is 0 Å². The highest BCUT2D eigenvalue weighted by atomic mass is 16.2. The van der Waals surface area contributed by atoms with Gasteiger partial charge in [0, 0.05) is 0 Å². The Morgan fingerprint density at radius 3 is 2.36 bits per heavy atom. The van der Waals surface area contributed by atoms with Gasteiger partial charge in [-0.05, 0) is 26.2 Å². The lowest BCUT2D eigenvalue weighted by atomic mass is 10.1. The summed E-state index contributed by atoms with van der Waals surface area (Å²) in [5, 5.41) is 0. The van der Waals surface area contributed by atoms with Crippen LogP contribution in [-0.2, 0) is 9.59 Å². The van der Waals surface area contributed by atoms with Crippen molar-refractivity contribution in [2.75, 3.05) is 13.1 Å². The average molecular weight is 198 g/mol. The van der Waals surface area contributed by atoms with Crippen LogP contribution in [0.25, 0.3) is 0 Å². The third-order valence-corrected chi connectivity index (χ3v) is 2.80. The van der Waals surface area contributed by atoms with E-state index < -0.39 is 0 Å². The zero-order valence-corrected chi connectivity index (χ0v) is 8.88. The summed E-state index contributed by atoms with van der Waals surface area (Å²) in [6, 6.07) is -0.378. The quantitative estimate of drug-likeness (QED) is 0.673. The number of nitrogens with one attached hydrogen (secondary N) is 1. The molecule has 0 bridgehead atoms. The highest BCUT2D eigenvalue weighted by Gasteiger charge is 2.36. The number of carbonyl (C=O) groups excluding carboxylic acids is 2. The molecular formula is C10H18N2O2+. The van der Waals surface area contributed by atoms with Crippen molar-refractivity contribution in [2.24, 2.45) is 0 Å². The Morgan fingerprint density at radius 1 is 1.36 bits per heavy atom. The Kier molecular flexibility index (Phi) is 3.77. The highest BCUT2D eigenvalue weighted by molar-refractivity contribution is 5.66. The zero-order chi connectivity index (χ0) is 10.6. The van der Waals surface area contributed by atoms with Crippen LogP contribution in [0.1, 0.15) is 33.1 Å². The van der Waals surface area contributed by atoms with Crippen molar-refractivity contribution in [3.63, 3.8) is 0 Å². The fraction of sp³-hybridized carbons (Fsp3) is 0.800. The van der Waals surface area contributed by atoms with Gasteiger partial charge in [-0.25, -0.2) is 4.79 Å². The summed E-state index contributed by atoms with van der Waals surface area (Å²) >= 11 is 0. The van der Waals surface area contributed by atoms with Crippen LogP contribution < -0.4 is 5.43 Å². The summed E-state index contributed by atoms with van der Waals surface area (Å²) in [6.07, 6.45) is 5.12. The molecule has 14 heavy (non-hydrogen) atoms. The molecule has 0 aromatic carbocycles. The molecule has 1 amide bonds. The lowest BCUT2D eigenvalue weighted by Gasteiger charge is -2.38. The van der Waals surface area contributed by atoms with Gasteiger partial charge in [0.15, 0.2) is 0 Å². The molecule has 0 unspecified atom stereocenters. The van der Waals surface area contributed by atoms with Gasteiger partial charge in [-0.2, -0.15) is 4.59 Å². The van der Waals surface area contributed by atoms with Gasteiger partial charge in [0.05, 0.1) is 6.92 Å². The molecule has 0 aromatic heterocycles. The lowest BCUT2D eigenvalue weighted by Crippen LogP contribution is -2.65. The van der Waals surface area contributed by atoms with Gasteiger partial charge < -0.3 is 0 Å². The maximum Gasteiger partial charge on any atom is 0.329 e. The molecule has 1 aliphatic heterocycles. The van der Waals surface area contributed by atoms with E-state index in [2.05, 4.69) is 5.43 Å². The van der Waals surface area contributed by atoms with Crippen molar-refractivity contribution in [2.45, 2.75) is 39.2 Å². The largest absolute Gasteiger partial charge is 0.329 e. The van der Waals surface area contributed by atoms with Crippen LogP contribution in [-0.4, -0.2) is 35.9 Å². The summed E-state index contributed by atoms with van der Waals surface area (Å²) in [6.45, 7) is 4.89. The van der Waals surface area contributed by atoms with Gasteiger partial charge in [-0.15, -0.1) is 5.43 Å². The molecule has 79 valence electrons. The Hall–Kier alpha value is -0.740. The van der Waals surface area contributed by atoms with E-state index in [1.165, 1.54) is 6.42 Å². The van der Waals surface area contributed by atoms with E-state index >= 15 is 0 Å². The Balaban J connectivity index is 2.70. The van der Waals surface area contributed by atoms with Crippen molar-refractivity contribution in [3.8, 4) is 0 Å². The summed E-state index contributed by atoms with van der Waals surface area (Å²) in [7, 11) is 0. The van der Waals surface area contributed by atoms with E-state index in [1.54, 1.807) is 13.8 Å². The Bertz CT molecular complexity index is 222. The van der Waals surface area contributed by atoms with Gasteiger partial charge in [0.25, 0.3) is 0 Å². The Labute approximate surface area is 84.8 Å². The third kappa shape index (κ3) is 2.39. The van der Waals surface area contributed by atoms with Gasteiger partial charge >= 0.3 is 5.91 Å². The minimum atomic E-state index is -0.378. The molecule has 4 nitrogen and oxygen atoms in total. The number of hydrogen-bond donors (Lipinski definition) is 1. The van der Waals surface area contributed by atoms with E-state index in [0.29, 0.717) is 0 Å². The summed E-state index contributed by atoms with van der Waals surface area (Å²) in [5.41, 5.74) is 3.05. The fourth-order valence-electron chi connectivity index (χ4n) is 1.98. The van der Waals surface area contributed by atoms with E-state index in [4.69, 9.17) is 0 Å². The minimum Gasteiger partial charge on any atom is -0.289 e. The van der Waals surface area contributed by atoms with Crippen molar-refractivity contribution in [1.82, 2.24) is 5.43 Å². The zero-order valence-electron chi connectivity index (χ0n) is 8.88. The maximum atomic E-state index is 11.6. The standard InChI is InChI=1S/C10H18N2O2/c1-9(8-13)11-12(10(2)14)6-4-3-5-7-12/h9,11H,3-7H2,1-2H3/q+1/t9-/m0/s1. The van der Waals surface area contributed by atoms with Crippen molar-refractivity contribution < 1.29 is 14.2 Å². The molecule has 1 radical (unpaired) electrons. The monoisotopic (exact) mass is 198 g/mol. The Morgan fingerprint density at radius 2 is 1.93 bits per heavy atom. The second-order valence-corrected chi connectivity index (χ2v) is 3.96. The molecule has 1 heterocycles. The van der Waals surface area contributed by atoms with Crippen LogP contribution in [0, 0.1) is 0 Å². The molecule has 4 heteroatoms. The summed E-state index contributed by atoms with van der Waals surface area (Å²) < 4.78 is 0.246. The van der Waals surface area contributed by atoms with Crippen molar-refractivity contribution in [3.05, 3.63) is 0 Å². The first-order valence-electron chi connectivity index (χ1n) is 5.14. The maximum absolute atomic E-state index is 11.6. The molecule has 0 spiro atoms. The first kappa shape index (κ1) is 11.3. The second kappa shape index (κ2) is 4.66. The molecule has 1 fully saturated rings. The molecule has 1 aliphatic rings. The number of amides is 1. The van der Waals surface area contributed by atoms with Crippen LogP contribution in [0.2, 0.25) is 0 Å². The molecule has 0 saturated carbocycles. The average Bonchev–Trinajstić information content (AvgIpc) is 2.19. The number of likely N-dealkylation sites (tertiary alicyclic amines) is 1. The van der Waals surface area contributed by atoms with Crippen LogP contribution in [0.4, 0.5) is 0 Å². The van der Waals surface area contributed by atoms with Crippen LogP contribution in [0.15, 0.2) is 0 Å². The number of carbonyl (C=O) groups is 1. The van der Waals surface area contributed by atoms with E-state index in [1.807, 2.05) is 6.29 Å². The minimum absolute atomic E-state index is 0.0896. The van der Waals surface area contributed by atoms with Gasteiger partial charge in [0.1, 0.15) is 19.1 Å². The molecule has 0 aromatic rings. The molecule has 0 aliphatic carbocycles. The highest BCUT2D eigenvalue weighted by Crippen LogP contribution is 2.16. The predicted molar refractivity (Wildman–Crippen MR) is 52.8 cm³/mol. The number of piperidine rings is 1. The molecule has 1 rings (SSSR count). The van der Waals surface area contributed by atoms with Gasteiger partial charge in [0.2, 0.25) is 6.29 Å². The predicted octanol–water partition coefficient (Wildman–Crippen LogP) is 0.536. The fourth-order valence-corrected chi connectivity index (χ4v) is 1.98. The van der Waals surface area contributed by atoms with Crippen LogP contribution in [0.3, 0.4) is 0 Å².